The maximum Gasteiger partial charge on any atom is 0.248 e. The van der Waals surface area contributed by atoms with Gasteiger partial charge in [-0.3, -0.25) is 14.3 Å². The average Bonchev–Trinajstić information content (AvgIpc) is 2.92. The van der Waals surface area contributed by atoms with E-state index in [-0.39, 0.29) is 5.91 Å². The topological polar surface area (TPSA) is 90.0 Å². The van der Waals surface area contributed by atoms with Crippen LogP contribution < -0.4 is 11.1 Å². The Labute approximate surface area is 135 Å². The standard InChI is InChI=1S/C17H20N4O2/c1-17(2,14-10-19-21(3)11-14)20-15(22)9-6-12-4-7-13(8-5-12)16(18)23/h4-11H,1-3H3,(H2,18,23)(H,20,22). The van der Waals surface area contributed by atoms with E-state index in [1.807, 2.05) is 27.1 Å². The fourth-order valence-corrected chi connectivity index (χ4v) is 2.10. The van der Waals surface area contributed by atoms with Crippen molar-refractivity contribution in [2.75, 3.05) is 0 Å². The fourth-order valence-electron chi connectivity index (χ4n) is 2.10. The Morgan fingerprint density at radius 3 is 2.43 bits per heavy atom. The molecule has 0 saturated carbocycles. The van der Waals surface area contributed by atoms with Gasteiger partial charge in [-0.05, 0) is 37.6 Å². The first-order chi connectivity index (χ1) is 10.8. The number of hydrogen-bond acceptors (Lipinski definition) is 3. The minimum absolute atomic E-state index is 0.210. The molecular formula is C17H20N4O2. The van der Waals surface area contributed by atoms with Crippen molar-refractivity contribution in [3.63, 3.8) is 0 Å². The molecule has 0 spiro atoms. The number of nitrogens with one attached hydrogen (secondary N) is 1. The van der Waals surface area contributed by atoms with E-state index in [1.54, 1.807) is 41.2 Å². The van der Waals surface area contributed by atoms with Crippen molar-refractivity contribution >= 4 is 17.9 Å². The zero-order valence-electron chi connectivity index (χ0n) is 13.4. The van der Waals surface area contributed by atoms with Crippen LogP contribution in [0.1, 0.15) is 35.3 Å². The van der Waals surface area contributed by atoms with Crippen LogP contribution in [-0.4, -0.2) is 21.6 Å². The van der Waals surface area contributed by atoms with Gasteiger partial charge < -0.3 is 11.1 Å². The number of nitrogens with zero attached hydrogens (tertiary/aromatic N) is 2. The highest BCUT2D eigenvalue weighted by atomic mass is 16.1. The summed E-state index contributed by atoms with van der Waals surface area (Å²) in [6.07, 6.45) is 6.73. The van der Waals surface area contributed by atoms with Crippen LogP contribution in [0.2, 0.25) is 0 Å². The molecule has 6 nitrogen and oxygen atoms in total. The predicted molar refractivity (Wildman–Crippen MR) is 88.4 cm³/mol. The van der Waals surface area contributed by atoms with Gasteiger partial charge in [0.05, 0.1) is 11.7 Å². The third kappa shape index (κ3) is 4.29. The summed E-state index contributed by atoms with van der Waals surface area (Å²) in [7, 11) is 1.83. The van der Waals surface area contributed by atoms with Crippen molar-refractivity contribution < 1.29 is 9.59 Å². The van der Waals surface area contributed by atoms with Crippen LogP contribution in [0.5, 0.6) is 0 Å². The molecule has 0 aliphatic rings. The molecule has 0 radical (unpaired) electrons. The molecule has 1 aromatic carbocycles. The maximum atomic E-state index is 12.1. The Morgan fingerprint density at radius 1 is 1.26 bits per heavy atom. The third-order valence-electron chi connectivity index (χ3n) is 3.48. The van der Waals surface area contributed by atoms with E-state index in [1.165, 1.54) is 6.08 Å². The lowest BCUT2D eigenvalue weighted by Crippen LogP contribution is -2.39. The Balaban J connectivity index is 2.02. The summed E-state index contributed by atoms with van der Waals surface area (Å²) in [5, 5.41) is 7.05. The molecule has 3 N–H and O–H groups in total. The first-order valence-corrected chi connectivity index (χ1v) is 7.17. The molecule has 1 heterocycles. The van der Waals surface area contributed by atoms with Crippen molar-refractivity contribution in [2.45, 2.75) is 19.4 Å². The van der Waals surface area contributed by atoms with Crippen LogP contribution in [0.25, 0.3) is 6.08 Å². The average molecular weight is 312 g/mol. The van der Waals surface area contributed by atoms with Crippen LogP contribution in [-0.2, 0) is 17.4 Å². The van der Waals surface area contributed by atoms with Crippen LogP contribution >= 0.6 is 0 Å². The van der Waals surface area contributed by atoms with Gasteiger partial charge in [0.25, 0.3) is 0 Å². The molecular weight excluding hydrogens is 292 g/mol. The molecule has 6 heteroatoms. The predicted octanol–water partition coefficient (Wildman–Crippen LogP) is 1.58. The van der Waals surface area contributed by atoms with Crippen molar-refractivity contribution in [3.05, 3.63) is 59.4 Å². The molecule has 0 atom stereocenters. The Bertz CT molecular complexity index is 742. The largest absolute Gasteiger partial charge is 0.366 e. The highest BCUT2D eigenvalue weighted by molar-refractivity contribution is 5.94. The highest BCUT2D eigenvalue weighted by Crippen LogP contribution is 2.18. The summed E-state index contributed by atoms with van der Waals surface area (Å²) in [6, 6.07) is 6.71. The molecule has 2 rings (SSSR count). The molecule has 120 valence electrons. The second-order valence-corrected chi connectivity index (χ2v) is 5.84. The Hall–Kier alpha value is -2.89. The van der Waals surface area contributed by atoms with Crippen molar-refractivity contribution in [2.24, 2.45) is 12.8 Å². The van der Waals surface area contributed by atoms with Gasteiger partial charge in [-0.2, -0.15) is 5.10 Å². The number of carbonyl (C=O) groups excluding carboxylic acids is 2. The Morgan fingerprint density at radius 2 is 1.91 bits per heavy atom. The zero-order chi connectivity index (χ0) is 17.0. The minimum atomic E-state index is -0.522. The second kappa shape index (κ2) is 6.48. The van der Waals surface area contributed by atoms with E-state index in [9.17, 15) is 9.59 Å². The number of amides is 2. The van der Waals surface area contributed by atoms with Crippen molar-refractivity contribution in [1.82, 2.24) is 15.1 Å². The summed E-state index contributed by atoms with van der Waals surface area (Å²) in [5.41, 5.74) is 6.83. The maximum absolute atomic E-state index is 12.1. The number of rotatable bonds is 5. The molecule has 1 aromatic heterocycles. The monoisotopic (exact) mass is 312 g/mol. The van der Waals surface area contributed by atoms with Crippen LogP contribution in [0.15, 0.2) is 42.7 Å². The van der Waals surface area contributed by atoms with Crippen molar-refractivity contribution in [3.8, 4) is 0 Å². The molecule has 2 aromatic rings. The number of carbonyl (C=O) groups is 2. The number of aromatic nitrogens is 2. The van der Waals surface area contributed by atoms with E-state index >= 15 is 0 Å². The summed E-state index contributed by atoms with van der Waals surface area (Å²) < 4.78 is 1.69. The number of hydrogen-bond donors (Lipinski definition) is 2. The summed E-state index contributed by atoms with van der Waals surface area (Å²) >= 11 is 0. The van der Waals surface area contributed by atoms with Crippen LogP contribution in [0.3, 0.4) is 0 Å². The molecule has 0 unspecified atom stereocenters. The van der Waals surface area contributed by atoms with Gasteiger partial charge in [-0.1, -0.05) is 12.1 Å². The molecule has 0 fully saturated rings. The van der Waals surface area contributed by atoms with Gasteiger partial charge in [0.15, 0.2) is 0 Å². The number of nitrogens with two attached hydrogens (primary N) is 1. The molecule has 2 amide bonds. The van der Waals surface area contributed by atoms with Gasteiger partial charge in [-0.15, -0.1) is 0 Å². The van der Waals surface area contributed by atoms with Gasteiger partial charge in [0.2, 0.25) is 11.8 Å². The van der Waals surface area contributed by atoms with E-state index in [0.717, 1.165) is 11.1 Å². The first-order valence-electron chi connectivity index (χ1n) is 7.17. The van der Waals surface area contributed by atoms with E-state index in [2.05, 4.69) is 10.4 Å². The minimum Gasteiger partial charge on any atom is -0.366 e. The molecule has 0 aliphatic heterocycles. The number of primary amides is 1. The summed E-state index contributed by atoms with van der Waals surface area (Å²) in [4.78, 5) is 23.1. The van der Waals surface area contributed by atoms with Gasteiger partial charge >= 0.3 is 0 Å². The normalized spacial score (nSPS) is 11.6. The zero-order valence-corrected chi connectivity index (χ0v) is 13.4. The van der Waals surface area contributed by atoms with E-state index in [0.29, 0.717) is 5.56 Å². The SMILES string of the molecule is Cn1cc(C(C)(C)NC(=O)C=Cc2ccc(C(N)=O)cc2)cn1. The van der Waals surface area contributed by atoms with Crippen molar-refractivity contribution in [1.29, 1.82) is 0 Å². The molecule has 0 bridgehead atoms. The fraction of sp³-hybridized carbons (Fsp3) is 0.235. The van der Waals surface area contributed by atoms with Crippen LogP contribution in [0, 0.1) is 0 Å². The molecule has 0 saturated heterocycles. The van der Waals surface area contributed by atoms with Gasteiger partial charge in [0, 0.05) is 30.4 Å². The highest BCUT2D eigenvalue weighted by Gasteiger charge is 2.23. The lowest BCUT2D eigenvalue weighted by Gasteiger charge is -2.24. The lowest BCUT2D eigenvalue weighted by molar-refractivity contribution is -0.118. The van der Waals surface area contributed by atoms with Crippen LogP contribution in [0.4, 0.5) is 0 Å². The lowest BCUT2D eigenvalue weighted by atomic mass is 9.98. The summed E-state index contributed by atoms with van der Waals surface area (Å²) in [6.45, 7) is 3.83. The first kappa shape index (κ1) is 16.5. The third-order valence-corrected chi connectivity index (χ3v) is 3.48. The second-order valence-electron chi connectivity index (χ2n) is 5.84. The van der Waals surface area contributed by atoms with E-state index in [4.69, 9.17) is 5.73 Å². The quantitative estimate of drug-likeness (QED) is 0.821. The Kier molecular flexibility index (Phi) is 4.64. The molecule has 23 heavy (non-hydrogen) atoms. The smallest absolute Gasteiger partial charge is 0.248 e. The van der Waals surface area contributed by atoms with Gasteiger partial charge in [-0.25, -0.2) is 0 Å². The number of benzene rings is 1. The van der Waals surface area contributed by atoms with Gasteiger partial charge in [0.1, 0.15) is 0 Å². The molecule has 0 aliphatic carbocycles. The summed E-state index contributed by atoms with van der Waals surface area (Å²) in [5.74, 6) is -0.686. The van der Waals surface area contributed by atoms with E-state index < -0.39 is 11.4 Å². The number of aryl methyl sites for hydroxylation is 1.